The Morgan fingerprint density at radius 1 is 1.33 bits per heavy atom. The number of hydrogen-bond acceptors (Lipinski definition) is 5. The monoisotopic (exact) mass is 262 g/mol. The van der Waals surface area contributed by atoms with Crippen molar-refractivity contribution in [1.29, 1.82) is 0 Å². The summed E-state index contributed by atoms with van der Waals surface area (Å²) in [6.45, 7) is 6.68. The molecule has 0 amide bonds. The van der Waals surface area contributed by atoms with Crippen molar-refractivity contribution in [2.75, 3.05) is 31.5 Å². The van der Waals surface area contributed by atoms with Crippen molar-refractivity contribution in [2.45, 2.75) is 19.8 Å². The number of thiophene rings is 1. The van der Waals surface area contributed by atoms with Crippen molar-refractivity contribution in [3.05, 3.63) is 17.3 Å². The number of nitrogens with zero attached hydrogens (tertiary/aromatic N) is 3. The highest BCUT2D eigenvalue weighted by Crippen LogP contribution is 2.28. The molecule has 0 radical (unpaired) electrons. The maximum Gasteiger partial charge on any atom is 0.138 e. The third kappa shape index (κ3) is 2.33. The van der Waals surface area contributed by atoms with Crippen molar-refractivity contribution < 1.29 is 0 Å². The van der Waals surface area contributed by atoms with Gasteiger partial charge in [0.15, 0.2) is 0 Å². The van der Waals surface area contributed by atoms with Crippen LogP contribution in [0.1, 0.15) is 18.4 Å². The zero-order valence-electron chi connectivity index (χ0n) is 10.6. The fourth-order valence-electron chi connectivity index (χ4n) is 2.49. The molecular weight excluding hydrogens is 244 g/mol. The van der Waals surface area contributed by atoms with E-state index >= 15 is 0 Å². The molecule has 1 aliphatic rings. The third-order valence-electron chi connectivity index (χ3n) is 3.47. The highest BCUT2D eigenvalue weighted by Gasteiger charge is 2.12. The number of aryl methyl sites for hydroxylation is 1. The van der Waals surface area contributed by atoms with E-state index in [0.717, 1.165) is 23.7 Å². The highest BCUT2D eigenvalue weighted by molar-refractivity contribution is 7.17. The van der Waals surface area contributed by atoms with Crippen LogP contribution in [0.25, 0.3) is 10.2 Å². The summed E-state index contributed by atoms with van der Waals surface area (Å²) in [5, 5.41) is 6.78. The van der Waals surface area contributed by atoms with Crippen LogP contribution in [-0.4, -0.2) is 41.0 Å². The molecule has 1 fully saturated rings. The van der Waals surface area contributed by atoms with Gasteiger partial charge in [0.2, 0.25) is 0 Å². The Morgan fingerprint density at radius 3 is 3.00 bits per heavy atom. The summed E-state index contributed by atoms with van der Waals surface area (Å²) in [5.41, 5.74) is 1.26. The Morgan fingerprint density at radius 2 is 2.17 bits per heavy atom. The molecular formula is C13H18N4S. The van der Waals surface area contributed by atoms with Crippen molar-refractivity contribution >= 4 is 27.4 Å². The van der Waals surface area contributed by atoms with E-state index in [0.29, 0.717) is 0 Å². The molecule has 4 nitrogen and oxygen atoms in total. The van der Waals surface area contributed by atoms with Crippen molar-refractivity contribution in [3.8, 4) is 0 Å². The standard InChI is InChI=1S/C13H18N4S/c1-10-8-18-13-11(10)12(15-9-16-13)14-4-7-17-5-2-3-6-17/h8-9H,2-7H2,1H3,(H,14,15,16). The van der Waals surface area contributed by atoms with Crippen LogP contribution >= 0.6 is 11.3 Å². The van der Waals surface area contributed by atoms with Gasteiger partial charge in [0.1, 0.15) is 17.0 Å². The molecule has 3 rings (SSSR count). The first kappa shape index (κ1) is 11.9. The molecule has 0 bridgehead atoms. The zero-order chi connectivity index (χ0) is 12.4. The Bertz CT molecular complexity index is 531. The quantitative estimate of drug-likeness (QED) is 0.919. The van der Waals surface area contributed by atoms with E-state index in [2.05, 4.69) is 32.5 Å². The van der Waals surface area contributed by atoms with E-state index in [1.165, 1.54) is 36.9 Å². The van der Waals surface area contributed by atoms with Gasteiger partial charge in [0.05, 0.1) is 5.39 Å². The van der Waals surface area contributed by atoms with Gasteiger partial charge in [-0.15, -0.1) is 11.3 Å². The van der Waals surface area contributed by atoms with Crippen LogP contribution in [0.5, 0.6) is 0 Å². The summed E-state index contributed by atoms with van der Waals surface area (Å²) in [7, 11) is 0. The maximum atomic E-state index is 4.37. The molecule has 18 heavy (non-hydrogen) atoms. The number of fused-ring (bicyclic) bond motifs is 1. The average Bonchev–Trinajstić information content (AvgIpc) is 3.00. The summed E-state index contributed by atoms with van der Waals surface area (Å²) in [4.78, 5) is 12.3. The Kier molecular flexibility index (Phi) is 3.43. The van der Waals surface area contributed by atoms with Gasteiger partial charge in [0, 0.05) is 13.1 Å². The average molecular weight is 262 g/mol. The zero-order valence-corrected chi connectivity index (χ0v) is 11.5. The lowest BCUT2D eigenvalue weighted by Crippen LogP contribution is -2.26. The van der Waals surface area contributed by atoms with Crippen LogP contribution in [0, 0.1) is 6.92 Å². The van der Waals surface area contributed by atoms with Crippen LogP contribution in [0.4, 0.5) is 5.82 Å². The summed E-state index contributed by atoms with van der Waals surface area (Å²) < 4.78 is 0. The second-order valence-electron chi connectivity index (χ2n) is 4.80. The number of hydrogen-bond donors (Lipinski definition) is 1. The highest BCUT2D eigenvalue weighted by atomic mass is 32.1. The van der Waals surface area contributed by atoms with E-state index in [-0.39, 0.29) is 0 Å². The van der Waals surface area contributed by atoms with E-state index in [1.54, 1.807) is 17.7 Å². The number of anilines is 1. The maximum absolute atomic E-state index is 4.37. The molecule has 3 heterocycles. The lowest BCUT2D eigenvalue weighted by atomic mass is 10.2. The second-order valence-corrected chi connectivity index (χ2v) is 5.65. The molecule has 1 aliphatic heterocycles. The smallest absolute Gasteiger partial charge is 0.138 e. The van der Waals surface area contributed by atoms with Gasteiger partial charge in [0.25, 0.3) is 0 Å². The predicted octanol–water partition coefficient (Wildman–Crippen LogP) is 2.51. The van der Waals surface area contributed by atoms with Crippen LogP contribution < -0.4 is 5.32 Å². The number of nitrogens with one attached hydrogen (secondary N) is 1. The van der Waals surface area contributed by atoms with Gasteiger partial charge in [-0.3, -0.25) is 0 Å². The van der Waals surface area contributed by atoms with Crippen LogP contribution in [0.15, 0.2) is 11.7 Å². The number of aromatic nitrogens is 2. The second kappa shape index (κ2) is 5.20. The van der Waals surface area contributed by atoms with Crippen molar-refractivity contribution in [1.82, 2.24) is 14.9 Å². The molecule has 0 aromatic carbocycles. The molecule has 2 aromatic heterocycles. The Balaban J connectivity index is 1.68. The van der Waals surface area contributed by atoms with Gasteiger partial charge in [-0.05, 0) is 43.8 Å². The minimum atomic E-state index is 0.960. The lowest BCUT2D eigenvalue weighted by Gasteiger charge is -2.15. The van der Waals surface area contributed by atoms with Crippen LogP contribution in [-0.2, 0) is 0 Å². The summed E-state index contributed by atoms with van der Waals surface area (Å²) in [5.74, 6) is 0.984. The number of rotatable bonds is 4. The van der Waals surface area contributed by atoms with Crippen molar-refractivity contribution in [3.63, 3.8) is 0 Å². The Labute approximate surface area is 111 Å². The summed E-state index contributed by atoms with van der Waals surface area (Å²) in [6, 6.07) is 0. The Hall–Kier alpha value is -1.20. The molecule has 2 aromatic rings. The largest absolute Gasteiger partial charge is 0.368 e. The minimum Gasteiger partial charge on any atom is -0.368 e. The summed E-state index contributed by atoms with van der Waals surface area (Å²) >= 11 is 1.69. The molecule has 0 spiro atoms. The molecule has 0 saturated carbocycles. The SMILES string of the molecule is Cc1csc2ncnc(NCCN3CCCC3)c12. The predicted molar refractivity (Wildman–Crippen MR) is 76.3 cm³/mol. The minimum absolute atomic E-state index is 0.960. The fourth-order valence-corrected chi connectivity index (χ4v) is 3.38. The molecule has 96 valence electrons. The first-order chi connectivity index (χ1) is 8.84. The van der Waals surface area contributed by atoms with E-state index < -0.39 is 0 Å². The van der Waals surface area contributed by atoms with Crippen LogP contribution in [0.2, 0.25) is 0 Å². The number of likely N-dealkylation sites (tertiary alicyclic amines) is 1. The van der Waals surface area contributed by atoms with Crippen molar-refractivity contribution in [2.24, 2.45) is 0 Å². The van der Waals surface area contributed by atoms with E-state index in [9.17, 15) is 0 Å². The summed E-state index contributed by atoms with van der Waals surface area (Å²) in [6.07, 6.45) is 4.35. The van der Waals surface area contributed by atoms with Gasteiger partial charge >= 0.3 is 0 Å². The molecule has 0 atom stereocenters. The molecule has 0 aliphatic carbocycles. The molecule has 1 N–H and O–H groups in total. The third-order valence-corrected chi connectivity index (χ3v) is 4.48. The molecule has 1 saturated heterocycles. The van der Waals surface area contributed by atoms with Gasteiger partial charge in [-0.1, -0.05) is 0 Å². The van der Waals surface area contributed by atoms with Gasteiger partial charge in [-0.25, -0.2) is 9.97 Å². The van der Waals surface area contributed by atoms with E-state index in [4.69, 9.17) is 0 Å². The van der Waals surface area contributed by atoms with E-state index in [1.807, 2.05) is 0 Å². The first-order valence-corrected chi connectivity index (χ1v) is 7.37. The molecule has 0 unspecified atom stereocenters. The fraction of sp³-hybridized carbons (Fsp3) is 0.538. The van der Waals surface area contributed by atoms with Gasteiger partial charge in [-0.2, -0.15) is 0 Å². The van der Waals surface area contributed by atoms with Crippen LogP contribution in [0.3, 0.4) is 0 Å². The van der Waals surface area contributed by atoms with Gasteiger partial charge < -0.3 is 10.2 Å². The topological polar surface area (TPSA) is 41.1 Å². The normalized spacial score (nSPS) is 16.5. The first-order valence-electron chi connectivity index (χ1n) is 6.49. The molecule has 5 heteroatoms. The lowest BCUT2D eigenvalue weighted by molar-refractivity contribution is 0.352.